The molecule has 184 valence electrons. The standard InChI is InChI=1S/C14H24N4O7.C2HF3O2/c1-3-24-11(8(21)5-19)12-10(17-6(2)20)7(18-14(15)16)4-9(25-12)13(22)23;3-2(4,5)1(6)7/h4,7-8,10-12,19,21H,3,5H2,1-2H3,(H,17,20)(H,22,23)(H4,15,16,18);(H,6,7)/t7-,8?,10+,11?,12+;/m0./s1. The molecule has 0 fully saturated rings. The Hall–Kier alpha value is -3.11. The molecular weight excluding hydrogens is 449 g/mol. The first-order valence-corrected chi connectivity index (χ1v) is 8.83. The molecule has 0 aliphatic carbocycles. The zero-order valence-corrected chi connectivity index (χ0v) is 16.9. The van der Waals surface area contributed by atoms with Crippen molar-refractivity contribution in [1.82, 2.24) is 5.32 Å². The van der Waals surface area contributed by atoms with Gasteiger partial charge in [-0.1, -0.05) is 0 Å². The number of halogens is 3. The monoisotopic (exact) mass is 474 g/mol. The highest BCUT2D eigenvalue weighted by Crippen LogP contribution is 2.26. The van der Waals surface area contributed by atoms with Gasteiger partial charge in [-0.25, -0.2) is 14.6 Å². The Bertz CT molecular complexity index is 726. The van der Waals surface area contributed by atoms with Crippen molar-refractivity contribution < 1.29 is 57.5 Å². The summed E-state index contributed by atoms with van der Waals surface area (Å²) in [5, 5.41) is 38.2. The first kappa shape index (κ1) is 28.9. The smallest absolute Gasteiger partial charge is 0.478 e. The van der Waals surface area contributed by atoms with Gasteiger partial charge in [-0.2, -0.15) is 13.2 Å². The number of ether oxygens (including phenoxy) is 2. The molecule has 0 spiro atoms. The molecule has 16 heteroatoms. The third kappa shape index (κ3) is 9.36. The van der Waals surface area contributed by atoms with Gasteiger partial charge in [0.25, 0.3) is 0 Å². The van der Waals surface area contributed by atoms with Gasteiger partial charge in [-0.15, -0.1) is 0 Å². The highest BCUT2D eigenvalue weighted by molar-refractivity contribution is 5.85. The Balaban J connectivity index is 0.00000118. The van der Waals surface area contributed by atoms with E-state index in [0.29, 0.717) is 0 Å². The zero-order chi connectivity index (χ0) is 25.2. The first-order valence-electron chi connectivity index (χ1n) is 8.83. The Morgan fingerprint density at radius 2 is 1.84 bits per heavy atom. The predicted octanol–water partition coefficient (Wildman–Crippen LogP) is -2.11. The highest BCUT2D eigenvalue weighted by Gasteiger charge is 2.45. The van der Waals surface area contributed by atoms with Crippen LogP contribution in [0.4, 0.5) is 13.2 Å². The summed E-state index contributed by atoms with van der Waals surface area (Å²) in [6.45, 7) is 2.39. The number of alkyl halides is 3. The number of aliphatic carboxylic acids is 2. The van der Waals surface area contributed by atoms with E-state index in [-0.39, 0.29) is 12.6 Å². The normalized spacial score (nSPS) is 22.1. The van der Waals surface area contributed by atoms with Gasteiger partial charge in [0.2, 0.25) is 11.7 Å². The maximum Gasteiger partial charge on any atom is 0.490 e. The Labute approximate surface area is 179 Å². The molecule has 1 heterocycles. The van der Waals surface area contributed by atoms with Crippen molar-refractivity contribution in [2.75, 3.05) is 13.2 Å². The summed E-state index contributed by atoms with van der Waals surface area (Å²) in [4.78, 5) is 35.7. The summed E-state index contributed by atoms with van der Waals surface area (Å²) >= 11 is 0. The molecule has 0 saturated carbocycles. The van der Waals surface area contributed by atoms with Crippen LogP contribution in [-0.4, -0.2) is 94.0 Å². The highest BCUT2D eigenvalue weighted by atomic mass is 19.4. The Kier molecular flexibility index (Phi) is 11.4. The first-order chi connectivity index (χ1) is 14.6. The Morgan fingerprint density at radius 1 is 1.31 bits per heavy atom. The molecule has 0 aromatic carbocycles. The number of aliphatic hydroxyl groups excluding tert-OH is 2. The number of aliphatic imine (C=N–C) groups is 1. The third-order valence-corrected chi connectivity index (χ3v) is 3.68. The molecule has 1 aliphatic rings. The van der Waals surface area contributed by atoms with E-state index in [1.807, 2.05) is 0 Å². The minimum absolute atomic E-state index is 0.146. The van der Waals surface area contributed by atoms with Crippen molar-refractivity contribution in [2.45, 2.75) is 50.4 Å². The fourth-order valence-electron chi connectivity index (χ4n) is 2.52. The average Bonchev–Trinajstić information content (AvgIpc) is 2.65. The summed E-state index contributed by atoms with van der Waals surface area (Å²) < 4.78 is 42.6. The van der Waals surface area contributed by atoms with Crippen LogP contribution in [0.2, 0.25) is 0 Å². The lowest BCUT2D eigenvalue weighted by Crippen LogP contribution is -2.60. The Morgan fingerprint density at radius 3 is 2.19 bits per heavy atom. The lowest BCUT2D eigenvalue weighted by atomic mass is 9.92. The SMILES string of the molecule is CCOC(C(O)CO)[C@@H]1OC(C(=O)O)=C[C@H](N=C(N)N)[C@H]1NC(C)=O.O=C(O)C(F)(F)F. The van der Waals surface area contributed by atoms with Crippen molar-refractivity contribution in [3.8, 4) is 0 Å². The van der Waals surface area contributed by atoms with Crippen LogP contribution in [0.3, 0.4) is 0 Å². The molecule has 0 bridgehead atoms. The fraction of sp³-hybridized carbons (Fsp3) is 0.625. The van der Waals surface area contributed by atoms with Crippen molar-refractivity contribution in [1.29, 1.82) is 0 Å². The summed E-state index contributed by atoms with van der Waals surface area (Å²) in [6.07, 6.45) is -7.61. The number of carbonyl (C=O) groups excluding carboxylic acids is 1. The second kappa shape index (κ2) is 12.7. The second-order valence-electron chi connectivity index (χ2n) is 6.16. The summed E-state index contributed by atoms with van der Waals surface area (Å²) in [5.74, 6) is -5.37. The van der Waals surface area contributed by atoms with Gasteiger partial charge in [0, 0.05) is 13.5 Å². The van der Waals surface area contributed by atoms with Crippen LogP contribution in [0.15, 0.2) is 16.8 Å². The van der Waals surface area contributed by atoms with Crippen LogP contribution in [0, 0.1) is 0 Å². The van der Waals surface area contributed by atoms with Crippen molar-refractivity contribution in [3.63, 3.8) is 0 Å². The molecule has 0 aromatic heterocycles. The average molecular weight is 474 g/mol. The number of hydrogen-bond acceptors (Lipinski definition) is 8. The van der Waals surface area contributed by atoms with E-state index >= 15 is 0 Å². The quantitative estimate of drug-likeness (QED) is 0.149. The number of carboxylic acids is 2. The number of carboxylic acid groups (broad SMARTS) is 2. The van der Waals surface area contributed by atoms with Crippen molar-refractivity contribution in [2.24, 2.45) is 16.5 Å². The summed E-state index contributed by atoms with van der Waals surface area (Å²) in [7, 11) is 0. The van der Waals surface area contributed by atoms with Gasteiger partial charge in [0.15, 0.2) is 12.1 Å². The second-order valence-corrected chi connectivity index (χ2v) is 6.16. The van der Waals surface area contributed by atoms with E-state index in [1.54, 1.807) is 6.92 Å². The maximum absolute atomic E-state index is 11.6. The molecule has 1 amide bonds. The molecule has 5 atom stereocenters. The number of nitrogens with zero attached hydrogens (tertiary/aromatic N) is 1. The van der Waals surface area contributed by atoms with Crippen molar-refractivity contribution >= 4 is 23.8 Å². The number of amides is 1. The molecule has 0 saturated heterocycles. The van der Waals surface area contributed by atoms with Gasteiger partial charge >= 0.3 is 18.1 Å². The van der Waals surface area contributed by atoms with E-state index < -0.39 is 66.8 Å². The van der Waals surface area contributed by atoms with E-state index in [2.05, 4.69) is 10.3 Å². The maximum atomic E-state index is 11.6. The summed E-state index contributed by atoms with van der Waals surface area (Å²) in [6, 6.07) is -1.90. The largest absolute Gasteiger partial charge is 0.490 e. The predicted molar refractivity (Wildman–Crippen MR) is 100.0 cm³/mol. The molecule has 13 nitrogen and oxygen atoms in total. The molecule has 0 radical (unpaired) electrons. The van der Waals surface area contributed by atoms with Crippen LogP contribution in [0.5, 0.6) is 0 Å². The number of guanidine groups is 1. The molecule has 2 unspecified atom stereocenters. The van der Waals surface area contributed by atoms with E-state index in [9.17, 15) is 38.1 Å². The molecule has 9 N–H and O–H groups in total. The van der Waals surface area contributed by atoms with Crippen LogP contribution >= 0.6 is 0 Å². The van der Waals surface area contributed by atoms with E-state index in [4.69, 9.17) is 30.8 Å². The van der Waals surface area contributed by atoms with Gasteiger partial charge < -0.3 is 46.7 Å². The number of rotatable bonds is 8. The van der Waals surface area contributed by atoms with Crippen LogP contribution < -0.4 is 16.8 Å². The lowest BCUT2D eigenvalue weighted by molar-refractivity contribution is -0.192. The lowest BCUT2D eigenvalue weighted by Gasteiger charge is -2.40. The minimum Gasteiger partial charge on any atom is -0.478 e. The van der Waals surface area contributed by atoms with Crippen molar-refractivity contribution in [3.05, 3.63) is 11.8 Å². The minimum atomic E-state index is -5.08. The number of hydrogen-bond donors (Lipinski definition) is 7. The zero-order valence-electron chi connectivity index (χ0n) is 16.9. The van der Waals surface area contributed by atoms with Crippen LogP contribution in [-0.2, 0) is 23.9 Å². The van der Waals surface area contributed by atoms with Crippen LogP contribution in [0.1, 0.15) is 13.8 Å². The number of carbonyl (C=O) groups is 3. The molecule has 0 aromatic rings. The summed E-state index contributed by atoms with van der Waals surface area (Å²) in [5.41, 5.74) is 10.8. The van der Waals surface area contributed by atoms with Gasteiger partial charge in [0.1, 0.15) is 12.2 Å². The topological polar surface area (TPSA) is 227 Å². The number of nitrogens with two attached hydrogens (primary N) is 2. The van der Waals surface area contributed by atoms with Crippen LogP contribution in [0.25, 0.3) is 0 Å². The number of aliphatic hydroxyl groups is 2. The molecule has 1 aliphatic heterocycles. The molecule has 1 rings (SSSR count). The molecular formula is C16H25F3N4O9. The van der Waals surface area contributed by atoms with E-state index in [0.717, 1.165) is 6.08 Å². The molecule has 32 heavy (non-hydrogen) atoms. The van der Waals surface area contributed by atoms with E-state index in [1.165, 1.54) is 6.92 Å². The van der Waals surface area contributed by atoms with Gasteiger partial charge in [-0.3, -0.25) is 4.79 Å². The van der Waals surface area contributed by atoms with Gasteiger partial charge in [0.05, 0.1) is 18.7 Å². The number of nitrogens with one attached hydrogen (secondary N) is 1. The van der Waals surface area contributed by atoms with Gasteiger partial charge in [-0.05, 0) is 13.0 Å². The third-order valence-electron chi connectivity index (χ3n) is 3.68. The fourth-order valence-corrected chi connectivity index (χ4v) is 2.52.